The second-order valence-electron chi connectivity index (χ2n) is 2.07. The van der Waals surface area contributed by atoms with E-state index in [0.29, 0.717) is 0 Å². The molecule has 0 saturated carbocycles. The van der Waals surface area contributed by atoms with Crippen LogP contribution < -0.4 is 4.83 Å². The molecule has 0 spiro atoms. The van der Waals surface area contributed by atoms with E-state index in [4.69, 9.17) is 0 Å². The van der Waals surface area contributed by atoms with Gasteiger partial charge in [0.15, 0.2) is 0 Å². The molecular formula is C7H8N2O2S. The van der Waals surface area contributed by atoms with Crippen LogP contribution in [-0.2, 0) is 10.0 Å². The fourth-order valence-corrected chi connectivity index (χ4v) is 1.53. The topological polar surface area (TPSA) is 58.5 Å². The SMILES string of the molecule is C=NNS(=O)(=O)c1ccccc1. The van der Waals surface area contributed by atoms with Gasteiger partial charge in [-0.3, -0.25) is 0 Å². The zero-order chi connectivity index (χ0) is 9.03. The number of nitrogens with zero attached hydrogens (tertiary/aromatic N) is 1. The van der Waals surface area contributed by atoms with Crippen molar-refractivity contribution in [3.8, 4) is 0 Å². The highest BCUT2D eigenvalue weighted by Crippen LogP contribution is 2.06. The van der Waals surface area contributed by atoms with Gasteiger partial charge in [0.2, 0.25) is 0 Å². The van der Waals surface area contributed by atoms with E-state index in [0.717, 1.165) is 0 Å². The van der Waals surface area contributed by atoms with Crippen molar-refractivity contribution in [2.75, 3.05) is 0 Å². The van der Waals surface area contributed by atoms with Crippen molar-refractivity contribution in [3.05, 3.63) is 30.3 Å². The summed E-state index contributed by atoms with van der Waals surface area (Å²) < 4.78 is 22.4. The normalized spacial score (nSPS) is 10.7. The molecular weight excluding hydrogens is 176 g/mol. The lowest BCUT2D eigenvalue weighted by Gasteiger charge is -2.00. The van der Waals surface area contributed by atoms with Crippen molar-refractivity contribution < 1.29 is 8.42 Å². The van der Waals surface area contributed by atoms with E-state index in [1.165, 1.54) is 12.1 Å². The molecule has 5 heteroatoms. The summed E-state index contributed by atoms with van der Waals surface area (Å²) in [6, 6.07) is 7.97. The Kier molecular flexibility index (Phi) is 2.44. The van der Waals surface area contributed by atoms with Crippen molar-refractivity contribution >= 4 is 16.7 Å². The van der Waals surface area contributed by atoms with Crippen LogP contribution in [0.25, 0.3) is 0 Å². The predicted molar refractivity (Wildman–Crippen MR) is 46.3 cm³/mol. The van der Waals surface area contributed by atoms with Crippen molar-refractivity contribution in [2.24, 2.45) is 5.10 Å². The Bertz CT molecular complexity index is 358. The van der Waals surface area contributed by atoms with E-state index >= 15 is 0 Å². The molecule has 0 aliphatic rings. The monoisotopic (exact) mass is 184 g/mol. The lowest BCUT2D eigenvalue weighted by atomic mass is 10.4. The summed E-state index contributed by atoms with van der Waals surface area (Å²) in [7, 11) is -3.49. The lowest BCUT2D eigenvalue weighted by Crippen LogP contribution is -2.17. The van der Waals surface area contributed by atoms with Gasteiger partial charge in [0, 0.05) is 6.72 Å². The van der Waals surface area contributed by atoms with Crippen LogP contribution in [-0.4, -0.2) is 15.1 Å². The molecule has 1 aromatic carbocycles. The maximum absolute atomic E-state index is 11.2. The molecule has 0 aromatic heterocycles. The van der Waals surface area contributed by atoms with Gasteiger partial charge in [-0.25, -0.2) is 4.83 Å². The van der Waals surface area contributed by atoms with E-state index in [2.05, 4.69) is 11.8 Å². The summed E-state index contributed by atoms with van der Waals surface area (Å²) in [5.41, 5.74) is 0. The third-order valence-electron chi connectivity index (χ3n) is 1.24. The number of hydrazone groups is 1. The van der Waals surface area contributed by atoms with Gasteiger partial charge >= 0.3 is 0 Å². The first kappa shape index (κ1) is 8.73. The largest absolute Gasteiger partial charge is 0.276 e. The van der Waals surface area contributed by atoms with Gasteiger partial charge in [0.1, 0.15) is 0 Å². The van der Waals surface area contributed by atoms with Gasteiger partial charge in [-0.15, -0.1) is 0 Å². The van der Waals surface area contributed by atoms with Crippen molar-refractivity contribution in [2.45, 2.75) is 4.90 Å². The van der Waals surface area contributed by atoms with Crippen LogP contribution in [0.2, 0.25) is 0 Å². The summed E-state index contributed by atoms with van der Waals surface area (Å²) in [4.78, 5) is 2.10. The summed E-state index contributed by atoms with van der Waals surface area (Å²) in [5, 5.41) is 3.10. The van der Waals surface area contributed by atoms with Crippen LogP contribution in [0.15, 0.2) is 40.3 Å². The molecule has 0 aliphatic carbocycles. The molecule has 0 amide bonds. The highest BCUT2D eigenvalue weighted by Gasteiger charge is 2.10. The third-order valence-corrected chi connectivity index (χ3v) is 2.50. The Balaban J connectivity index is 3.07. The van der Waals surface area contributed by atoms with Crippen LogP contribution in [0.5, 0.6) is 0 Å². The molecule has 0 radical (unpaired) electrons. The van der Waals surface area contributed by atoms with Gasteiger partial charge in [0.25, 0.3) is 10.0 Å². The molecule has 12 heavy (non-hydrogen) atoms. The predicted octanol–water partition coefficient (Wildman–Crippen LogP) is 0.581. The zero-order valence-corrected chi connectivity index (χ0v) is 7.08. The van der Waals surface area contributed by atoms with E-state index in [1.807, 2.05) is 4.83 Å². The Morgan fingerprint density at radius 3 is 2.33 bits per heavy atom. The average Bonchev–Trinajstić information content (AvgIpc) is 2.06. The Labute approximate surface area is 71.0 Å². The Hall–Kier alpha value is -1.36. The fraction of sp³-hybridized carbons (Fsp3) is 0. The molecule has 1 N–H and O–H groups in total. The van der Waals surface area contributed by atoms with Gasteiger partial charge in [-0.1, -0.05) is 18.2 Å². The fourth-order valence-electron chi connectivity index (χ4n) is 0.737. The van der Waals surface area contributed by atoms with Gasteiger partial charge in [0.05, 0.1) is 4.90 Å². The molecule has 64 valence electrons. The molecule has 0 bridgehead atoms. The Morgan fingerprint density at radius 1 is 1.25 bits per heavy atom. The van der Waals surface area contributed by atoms with E-state index in [9.17, 15) is 8.42 Å². The third kappa shape index (κ3) is 1.82. The molecule has 0 unspecified atom stereocenters. The minimum atomic E-state index is -3.49. The lowest BCUT2D eigenvalue weighted by molar-refractivity contribution is 0.585. The van der Waals surface area contributed by atoms with Crippen LogP contribution in [0.3, 0.4) is 0 Å². The molecule has 4 nitrogen and oxygen atoms in total. The maximum Gasteiger partial charge on any atom is 0.276 e. The summed E-state index contributed by atoms with van der Waals surface area (Å²) in [5.74, 6) is 0. The van der Waals surface area contributed by atoms with Crippen molar-refractivity contribution in [1.29, 1.82) is 0 Å². The number of nitrogens with one attached hydrogen (secondary N) is 1. The first-order chi connectivity index (χ1) is 5.67. The summed E-state index contributed by atoms with van der Waals surface area (Å²) >= 11 is 0. The van der Waals surface area contributed by atoms with Crippen LogP contribution in [0, 0.1) is 0 Å². The van der Waals surface area contributed by atoms with Crippen molar-refractivity contribution in [3.63, 3.8) is 0 Å². The first-order valence-electron chi connectivity index (χ1n) is 3.19. The molecule has 0 atom stereocenters. The van der Waals surface area contributed by atoms with E-state index < -0.39 is 10.0 Å². The Morgan fingerprint density at radius 2 is 1.83 bits per heavy atom. The molecule has 0 aliphatic heterocycles. The smallest absolute Gasteiger partial charge is 0.201 e. The zero-order valence-electron chi connectivity index (χ0n) is 6.27. The summed E-state index contributed by atoms with van der Waals surface area (Å²) in [6.07, 6.45) is 0. The van der Waals surface area contributed by atoms with Gasteiger partial charge in [-0.05, 0) is 12.1 Å². The van der Waals surface area contributed by atoms with E-state index in [-0.39, 0.29) is 4.90 Å². The molecule has 1 aromatic rings. The number of sulfonamides is 1. The standard InChI is InChI=1S/C7H8N2O2S/c1-8-9-12(10,11)7-5-3-2-4-6-7/h2-6,9H,1H2. The first-order valence-corrected chi connectivity index (χ1v) is 4.68. The average molecular weight is 184 g/mol. The number of benzene rings is 1. The number of hydrogen-bond donors (Lipinski definition) is 1. The quantitative estimate of drug-likeness (QED) is 0.551. The van der Waals surface area contributed by atoms with Crippen LogP contribution >= 0.6 is 0 Å². The van der Waals surface area contributed by atoms with Crippen LogP contribution in [0.4, 0.5) is 0 Å². The maximum atomic E-state index is 11.2. The van der Waals surface area contributed by atoms with E-state index in [1.54, 1.807) is 18.2 Å². The van der Waals surface area contributed by atoms with Gasteiger partial charge in [-0.2, -0.15) is 13.5 Å². The molecule has 1 rings (SSSR count). The van der Waals surface area contributed by atoms with Gasteiger partial charge < -0.3 is 0 Å². The summed E-state index contributed by atoms with van der Waals surface area (Å²) in [6.45, 7) is 3.03. The molecule has 0 saturated heterocycles. The number of rotatable bonds is 3. The second-order valence-corrected chi connectivity index (χ2v) is 3.73. The highest BCUT2D eigenvalue weighted by atomic mass is 32.2. The second kappa shape index (κ2) is 3.36. The minimum absolute atomic E-state index is 0.178. The molecule has 0 heterocycles. The minimum Gasteiger partial charge on any atom is -0.201 e. The van der Waals surface area contributed by atoms with Crippen LogP contribution in [0.1, 0.15) is 0 Å². The highest BCUT2D eigenvalue weighted by molar-refractivity contribution is 7.89. The number of hydrogen-bond acceptors (Lipinski definition) is 3. The van der Waals surface area contributed by atoms with Crippen molar-refractivity contribution in [1.82, 2.24) is 4.83 Å². The molecule has 0 fully saturated rings.